The molecule has 0 aromatic carbocycles. The van der Waals surface area contributed by atoms with Gasteiger partial charge in [-0.05, 0) is 33.6 Å². The van der Waals surface area contributed by atoms with Gasteiger partial charge in [0.15, 0.2) is 0 Å². The maximum absolute atomic E-state index is 12.2. The SMILES string of the molecule is CCCCCCCC(C)(NC(C)CC)C(=O)OCC. The standard InChI is InChI=1S/C16H33NO2/c1-6-9-10-11-12-13-16(5,15(18)19-8-3)17-14(4)7-2/h14,17H,6-13H2,1-5H3. The Hall–Kier alpha value is -0.570. The van der Waals surface area contributed by atoms with Crippen molar-refractivity contribution in [2.24, 2.45) is 0 Å². The molecule has 0 aliphatic rings. The third-order valence-corrected chi connectivity index (χ3v) is 3.68. The van der Waals surface area contributed by atoms with Crippen LogP contribution in [0, 0.1) is 0 Å². The zero-order valence-corrected chi connectivity index (χ0v) is 13.6. The van der Waals surface area contributed by atoms with E-state index in [4.69, 9.17) is 4.74 Å². The van der Waals surface area contributed by atoms with Gasteiger partial charge in [0.2, 0.25) is 0 Å². The Balaban J connectivity index is 4.35. The van der Waals surface area contributed by atoms with Gasteiger partial charge >= 0.3 is 5.97 Å². The summed E-state index contributed by atoms with van der Waals surface area (Å²) < 4.78 is 5.23. The molecule has 0 saturated heterocycles. The summed E-state index contributed by atoms with van der Waals surface area (Å²) in [5.74, 6) is -0.106. The van der Waals surface area contributed by atoms with E-state index in [9.17, 15) is 4.79 Å². The van der Waals surface area contributed by atoms with Gasteiger partial charge in [0.05, 0.1) is 6.61 Å². The van der Waals surface area contributed by atoms with Crippen LogP contribution in [0.25, 0.3) is 0 Å². The summed E-state index contributed by atoms with van der Waals surface area (Å²) in [5.41, 5.74) is -0.530. The first-order valence-electron chi connectivity index (χ1n) is 7.95. The van der Waals surface area contributed by atoms with Crippen LogP contribution in [0.1, 0.15) is 79.6 Å². The molecule has 0 bridgehead atoms. The highest BCUT2D eigenvalue weighted by atomic mass is 16.5. The third-order valence-electron chi connectivity index (χ3n) is 3.68. The molecule has 0 radical (unpaired) electrons. The van der Waals surface area contributed by atoms with Crippen molar-refractivity contribution in [3.05, 3.63) is 0 Å². The number of rotatable bonds is 11. The monoisotopic (exact) mass is 271 g/mol. The molecule has 0 spiro atoms. The van der Waals surface area contributed by atoms with Gasteiger partial charge in [0.25, 0.3) is 0 Å². The van der Waals surface area contributed by atoms with Crippen molar-refractivity contribution in [3.8, 4) is 0 Å². The molecule has 2 unspecified atom stereocenters. The second-order valence-corrected chi connectivity index (χ2v) is 5.67. The molecule has 3 nitrogen and oxygen atoms in total. The van der Waals surface area contributed by atoms with Crippen LogP contribution in [-0.4, -0.2) is 24.2 Å². The van der Waals surface area contributed by atoms with Gasteiger partial charge in [-0.25, -0.2) is 0 Å². The second-order valence-electron chi connectivity index (χ2n) is 5.67. The zero-order chi connectivity index (χ0) is 14.7. The molecule has 0 heterocycles. The van der Waals surface area contributed by atoms with Crippen molar-refractivity contribution in [1.29, 1.82) is 0 Å². The fourth-order valence-corrected chi connectivity index (χ4v) is 2.25. The topological polar surface area (TPSA) is 38.3 Å². The fraction of sp³-hybridized carbons (Fsp3) is 0.938. The van der Waals surface area contributed by atoms with Crippen LogP contribution in [0.4, 0.5) is 0 Å². The molecule has 0 aromatic heterocycles. The minimum Gasteiger partial charge on any atom is -0.465 e. The van der Waals surface area contributed by atoms with Gasteiger partial charge in [0.1, 0.15) is 5.54 Å². The molecule has 0 aliphatic heterocycles. The van der Waals surface area contributed by atoms with Gasteiger partial charge < -0.3 is 4.74 Å². The average Bonchev–Trinajstić information content (AvgIpc) is 2.38. The van der Waals surface area contributed by atoms with E-state index in [1.165, 1.54) is 25.7 Å². The van der Waals surface area contributed by atoms with Crippen molar-refractivity contribution in [1.82, 2.24) is 5.32 Å². The lowest BCUT2D eigenvalue weighted by Crippen LogP contribution is -2.53. The van der Waals surface area contributed by atoms with E-state index in [2.05, 4.69) is 26.1 Å². The fourth-order valence-electron chi connectivity index (χ4n) is 2.25. The van der Waals surface area contributed by atoms with Crippen LogP contribution in [-0.2, 0) is 9.53 Å². The largest absolute Gasteiger partial charge is 0.465 e. The summed E-state index contributed by atoms with van der Waals surface area (Å²) in [6.45, 7) is 10.8. The van der Waals surface area contributed by atoms with Crippen molar-refractivity contribution >= 4 is 5.97 Å². The number of hydrogen-bond acceptors (Lipinski definition) is 3. The quantitative estimate of drug-likeness (QED) is 0.455. The highest BCUT2D eigenvalue weighted by Gasteiger charge is 2.34. The number of ether oxygens (including phenoxy) is 1. The smallest absolute Gasteiger partial charge is 0.326 e. The first-order chi connectivity index (χ1) is 9.00. The van der Waals surface area contributed by atoms with Gasteiger partial charge in [-0.3, -0.25) is 10.1 Å². The first kappa shape index (κ1) is 18.4. The zero-order valence-electron chi connectivity index (χ0n) is 13.6. The molecule has 19 heavy (non-hydrogen) atoms. The molecule has 0 aliphatic carbocycles. The highest BCUT2D eigenvalue weighted by Crippen LogP contribution is 2.19. The van der Waals surface area contributed by atoms with E-state index in [0.29, 0.717) is 12.6 Å². The lowest BCUT2D eigenvalue weighted by Gasteiger charge is -2.31. The maximum atomic E-state index is 12.2. The minimum atomic E-state index is -0.530. The number of hydrogen-bond donors (Lipinski definition) is 1. The number of nitrogens with one attached hydrogen (secondary N) is 1. The van der Waals surface area contributed by atoms with E-state index < -0.39 is 5.54 Å². The second kappa shape index (κ2) is 10.2. The average molecular weight is 271 g/mol. The summed E-state index contributed by atoms with van der Waals surface area (Å²) >= 11 is 0. The molecule has 0 saturated carbocycles. The summed E-state index contributed by atoms with van der Waals surface area (Å²) in [4.78, 5) is 12.2. The molecule has 1 N–H and O–H groups in total. The van der Waals surface area contributed by atoms with Crippen LogP contribution in [0.15, 0.2) is 0 Å². The van der Waals surface area contributed by atoms with Crippen LogP contribution in [0.2, 0.25) is 0 Å². The van der Waals surface area contributed by atoms with Crippen molar-refractivity contribution in [2.45, 2.75) is 91.1 Å². The summed E-state index contributed by atoms with van der Waals surface area (Å²) in [5, 5.41) is 3.44. The number of carbonyl (C=O) groups is 1. The van der Waals surface area contributed by atoms with Crippen molar-refractivity contribution in [3.63, 3.8) is 0 Å². The number of esters is 1. The molecule has 0 amide bonds. The van der Waals surface area contributed by atoms with E-state index >= 15 is 0 Å². The Labute approximate surface area is 119 Å². The Morgan fingerprint density at radius 1 is 1.16 bits per heavy atom. The lowest BCUT2D eigenvalue weighted by atomic mass is 9.92. The van der Waals surface area contributed by atoms with Crippen molar-refractivity contribution in [2.75, 3.05) is 6.61 Å². The van der Waals surface area contributed by atoms with E-state index in [1.54, 1.807) is 0 Å². The molecule has 3 heteroatoms. The third kappa shape index (κ3) is 7.56. The van der Waals surface area contributed by atoms with Crippen LogP contribution < -0.4 is 5.32 Å². The van der Waals surface area contributed by atoms with Crippen LogP contribution in [0.3, 0.4) is 0 Å². The van der Waals surface area contributed by atoms with Gasteiger partial charge in [-0.2, -0.15) is 0 Å². The lowest BCUT2D eigenvalue weighted by molar-refractivity contribution is -0.151. The van der Waals surface area contributed by atoms with Crippen LogP contribution in [0.5, 0.6) is 0 Å². The Morgan fingerprint density at radius 3 is 2.32 bits per heavy atom. The molecule has 0 fully saturated rings. The Morgan fingerprint density at radius 2 is 1.79 bits per heavy atom. The van der Waals surface area contributed by atoms with E-state index in [-0.39, 0.29) is 5.97 Å². The molecular formula is C16H33NO2. The minimum absolute atomic E-state index is 0.106. The maximum Gasteiger partial charge on any atom is 0.326 e. The molecule has 0 aromatic rings. The molecule has 2 atom stereocenters. The predicted molar refractivity (Wildman–Crippen MR) is 81.3 cm³/mol. The Bertz CT molecular complexity index is 243. The normalized spacial score (nSPS) is 15.8. The molecule has 0 rings (SSSR count). The van der Waals surface area contributed by atoms with Gasteiger partial charge in [-0.15, -0.1) is 0 Å². The summed E-state index contributed by atoms with van der Waals surface area (Å²) in [6, 6.07) is 0.338. The van der Waals surface area contributed by atoms with E-state index in [0.717, 1.165) is 19.3 Å². The predicted octanol–water partition coefficient (Wildman–Crippen LogP) is 4.06. The molecule has 114 valence electrons. The van der Waals surface area contributed by atoms with Crippen LogP contribution >= 0.6 is 0 Å². The highest BCUT2D eigenvalue weighted by molar-refractivity contribution is 5.80. The van der Waals surface area contributed by atoms with Crippen molar-refractivity contribution < 1.29 is 9.53 Å². The first-order valence-corrected chi connectivity index (χ1v) is 7.95. The van der Waals surface area contributed by atoms with Gasteiger partial charge in [0, 0.05) is 6.04 Å². The number of unbranched alkanes of at least 4 members (excludes halogenated alkanes) is 4. The Kier molecular flexibility index (Phi) is 9.94. The van der Waals surface area contributed by atoms with Gasteiger partial charge in [-0.1, -0.05) is 46.0 Å². The number of carbonyl (C=O) groups excluding carboxylic acids is 1. The van der Waals surface area contributed by atoms with E-state index in [1.807, 2.05) is 13.8 Å². The molecular weight excluding hydrogens is 238 g/mol. The summed E-state index contributed by atoms with van der Waals surface area (Å²) in [7, 11) is 0. The summed E-state index contributed by atoms with van der Waals surface area (Å²) in [6.07, 6.45) is 7.96.